The molecule has 29 heavy (non-hydrogen) atoms. The van der Waals surface area contributed by atoms with Gasteiger partial charge in [-0.1, -0.05) is 13.0 Å². The van der Waals surface area contributed by atoms with Crippen molar-refractivity contribution in [1.82, 2.24) is 25.0 Å². The maximum Gasteiger partial charge on any atom is 0.253 e. The van der Waals surface area contributed by atoms with Crippen molar-refractivity contribution < 1.29 is 4.79 Å². The first-order valence-corrected chi connectivity index (χ1v) is 11.2. The van der Waals surface area contributed by atoms with Crippen molar-refractivity contribution >= 4 is 28.3 Å². The normalized spacial score (nSPS) is 17.0. The van der Waals surface area contributed by atoms with Crippen LogP contribution in [-0.2, 0) is 7.05 Å². The van der Waals surface area contributed by atoms with Crippen LogP contribution in [0, 0.1) is 19.8 Å². The number of piperidine rings is 1. The zero-order valence-electron chi connectivity index (χ0n) is 17.6. The molecule has 7 heteroatoms. The van der Waals surface area contributed by atoms with E-state index in [1.54, 1.807) is 16.0 Å². The van der Waals surface area contributed by atoms with Crippen LogP contribution in [-0.4, -0.2) is 45.2 Å². The van der Waals surface area contributed by atoms with Crippen LogP contribution in [0.4, 0.5) is 0 Å². The number of likely N-dealkylation sites (tertiary alicyclic amines) is 1. The molecule has 0 unspecified atom stereocenters. The Morgan fingerprint density at radius 1 is 1.31 bits per heavy atom. The van der Waals surface area contributed by atoms with Gasteiger partial charge in [-0.3, -0.25) is 14.4 Å². The van der Waals surface area contributed by atoms with Gasteiger partial charge >= 0.3 is 0 Å². The van der Waals surface area contributed by atoms with Crippen molar-refractivity contribution in [2.24, 2.45) is 13.0 Å². The van der Waals surface area contributed by atoms with Gasteiger partial charge in [0.2, 0.25) is 0 Å². The quantitative estimate of drug-likeness (QED) is 0.693. The third kappa shape index (κ3) is 4.07. The molecule has 1 atom stereocenters. The summed E-state index contributed by atoms with van der Waals surface area (Å²) in [5, 5.41) is 10.7. The minimum absolute atomic E-state index is 0.0629. The fraction of sp³-hybridized carbons (Fsp3) is 0.500. The number of rotatable bonds is 5. The smallest absolute Gasteiger partial charge is 0.253 e. The highest BCUT2D eigenvalue weighted by molar-refractivity contribution is 7.10. The molecule has 1 aliphatic heterocycles. The third-order valence-electron chi connectivity index (χ3n) is 6.02. The third-order valence-corrected chi connectivity index (χ3v) is 6.99. The molecule has 154 valence electrons. The van der Waals surface area contributed by atoms with Crippen LogP contribution in [0.5, 0.6) is 0 Å². The molecular weight excluding hydrogens is 382 g/mol. The van der Waals surface area contributed by atoms with E-state index in [-0.39, 0.29) is 11.9 Å². The Labute approximate surface area is 175 Å². The minimum atomic E-state index is -0.0629. The van der Waals surface area contributed by atoms with Gasteiger partial charge in [-0.25, -0.2) is 4.98 Å². The lowest BCUT2D eigenvalue weighted by atomic mass is 9.97. The molecule has 0 saturated carbocycles. The first-order chi connectivity index (χ1) is 13.9. The number of nitrogens with one attached hydrogen (secondary N) is 1. The molecule has 0 aliphatic carbocycles. The van der Waals surface area contributed by atoms with Crippen LogP contribution < -0.4 is 5.32 Å². The zero-order valence-corrected chi connectivity index (χ0v) is 18.4. The van der Waals surface area contributed by atoms with Crippen molar-refractivity contribution in [3.05, 3.63) is 45.4 Å². The molecule has 3 aromatic rings. The van der Waals surface area contributed by atoms with E-state index in [4.69, 9.17) is 0 Å². The summed E-state index contributed by atoms with van der Waals surface area (Å²) in [4.78, 5) is 21.5. The molecule has 0 bridgehead atoms. The number of thiophene rings is 1. The van der Waals surface area contributed by atoms with Crippen molar-refractivity contribution in [3.8, 4) is 0 Å². The molecule has 4 heterocycles. The number of carbonyl (C=O) groups is 1. The molecule has 3 aromatic heterocycles. The van der Waals surface area contributed by atoms with E-state index < -0.39 is 0 Å². The number of hydrogen-bond donors (Lipinski definition) is 1. The first kappa shape index (κ1) is 20.0. The van der Waals surface area contributed by atoms with Crippen LogP contribution in [0.15, 0.2) is 23.6 Å². The van der Waals surface area contributed by atoms with E-state index in [2.05, 4.69) is 44.7 Å². The highest BCUT2D eigenvalue weighted by atomic mass is 32.1. The van der Waals surface area contributed by atoms with Crippen LogP contribution in [0.3, 0.4) is 0 Å². The number of amides is 1. The molecule has 0 radical (unpaired) electrons. The number of nitrogens with zero attached hydrogens (tertiary/aromatic N) is 4. The standard InChI is InChI=1S/C22H29N5OS/c1-14-7-9-27(10-8-14)19(20-6-5-11-29-20)13-23-22(28)18-12-17-16(3)25-26(4)21(17)24-15(18)2/h5-6,11-12,14,19H,7-10,13H2,1-4H3,(H,23,28)/t19-/m1/s1. The number of pyridine rings is 1. The Kier molecular flexibility index (Phi) is 5.69. The largest absolute Gasteiger partial charge is 0.350 e. The predicted molar refractivity (Wildman–Crippen MR) is 117 cm³/mol. The van der Waals surface area contributed by atoms with E-state index in [0.717, 1.165) is 41.4 Å². The second kappa shape index (κ2) is 8.24. The van der Waals surface area contributed by atoms with E-state index in [1.807, 2.05) is 27.0 Å². The Morgan fingerprint density at radius 2 is 2.07 bits per heavy atom. The SMILES string of the molecule is Cc1nc2c(cc1C(=O)NC[C@H](c1cccs1)N1CCC(C)CC1)c(C)nn2C. The number of aromatic nitrogens is 3. The maximum atomic E-state index is 13.0. The van der Waals surface area contributed by atoms with Crippen LogP contribution in [0.1, 0.15) is 52.4 Å². The van der Waals surface area contributed by atoms with Crippen LogP contribution in [0.25, 0.3) is 11.0 Å². The van der Waals surface area contributed by atoms with Gasteiger partial charge in [-0.15, -0.1) is 11.3 Å². The van der Waals surface area contributed by atoms with Crippen LogP contribution in [0.2, 0.25) is 0 Å². The number of aryl methyl sites for hydroxylation is 3. The summed E-state index contributed by atoms with van der Waals surface area (Å²) in [7, 11) is 1.88. The number of fused-ring (bicyclic) bond motifs is 1. The molecule has 1 fully saturated rings. The van der Waals surface area contributed by atoms with Crippen molar-refractivity contribution in [3.63, 3.8) is 0 Å². The lowest BCUT2D eigenvalue weighted by Gasteiger charge is -2.36. The average Bonchev–Trinajstić information content (AvgIpc) is 3.31. The minimum Gasteiger partial charge on any atom is -0.350 e. The lowest BCUT2D eigenvalue weighted by Crippen LogP contribution is -2.41. The van der Waals surface area contributed by atoms with Crippen LogP contribution >= 0.6 is 11.3 Å². The molecule has 1 aliphatic rings. The molecule has 0 spiro atoms. The van der Waals surface area contributed by atoms with E-state index in [0.29, 0.717) is 12.1 Å². The van der Waals surface area contributed by atoms with Gasteiger partial charge in [0.05, 0.1) is 23.0 Å². The van der Waals surface area contributed by atoms with Gasteiger partial charge in [0.15, 0.2) is 5.65 Å². The number of hydrogen-bond acceptors (Lipinski definition) is 5. The molecule has 0 aromatic carbocycles. The second-order valence-corrected chi connectivity index (χ2v) is 9.14. The summed E-state index contributed by atoms with van der Waals surface area (Å²) in [5.74, 6) is 0.722. The highest BCUT2D eigenvalue weighted by Crippen LogP contribution is 2.29. The summed E-state index contributed by atoms with van der Waals surface area (Å²) in [6, 6.07) is 6.42. The molecule has 1 amide bonds. The first-order valence-electron chi connectivity index (χ1n) is 10.3. The van der Waals surface area contributed by atoms with E-state index >= 15 is 0 Å². The van der Waals surface area contributed by atoms with Gasteiger partial charge < -0.3 is 5.32 Å². The van der Waals surface area contributed by atoms with Gasteiger partial charge in [0.1, 0.15) is 0 Å². The van der Waals surface area contributed by atoms with Gasteiger partial charge in [0, 0.05) is 23.9 Å². The summed E-state index contributed by atoms with van der Waals surface area (Å²) >= 11 is 1.77. The molecule has 4 rings (SSSR count). The highest BCUT2D eigenvalue weighted by Gasteiger charge is 2.26. The van der Waals surface area contributed by atoms with E-state index in [1.165, 1.54) is 17.7 Å². The van der Waals surface area contributed by atoms with E-state index in [9.17, 15) is 4.79 Å². The molecule has 1 N–H and O–H groups in total. The average molecular weight is 412 g/mol. The Balaban J connectivity index is 1.53. The summed E-state index contributed by atoms with van der Waals surface area (Å²) in [6.45, 7) is 8.94. The summed E-state index contributed by atoms with van der Waals surface area (Å²) in [6.07, 6.45) is 2.44. The summed E-state index contributed by atoms with van der Waals surface area (Å²) < 4.78 is 1.77. The van der Waals surface area contributed by atoms with Gasteiger partial charge in [0.25, 0.3) is 5.91 Å². The monoisotopic (exact) mass is 411 g/mol. The summed E-state index contributed by atoms with van der Waals surface area (Å²) in [5.41, 5.74) is 3.07. The molecule has 6 nitrogen and oxygen atoms in total. The van der Waals surface area contributed by atoms with Gasteiger partial charge in [-0.05, 0) is 63.2 Å². The fourth-order valence-electron chi connectivity index (χ4n) is 4.18. The Morgan fingerprint density at radius 3 is 2.76 bits per heavy atom. The maximum absolute atomic E-state index is 13.0. The number of carbonyl (C=O) groups excluding carboxylic acids is 1. The second-order valence-electron chi connectivity index (χ2n) is 8.16. The molecule has 1 saturated heterocycles. The van der Waals surface area contributed by atoms with Crippen molar-refractivity contribution in [2.75, 3.05) is 19.6 Å². The van der Waals surface area contributed by atoms with Crippen molar-refractivity contribution in [1.29, 1.82) is 0 Å². The van der Waals surface area contributed by atoms with Crippen molar-refractivity contribution in [2.45, 2.75) is 39.7 Å². The topological polar surface area (TPSA) is 63.1 Å². The fourth-order valence-corrected chi connectivity index (χ4v) is 5.04. The zero-order chi connectivity index (χ0) is 20.5. The predicted octanol–water partition coefficient (Wildman–Crippen LogP) is 3.85. The van der Waals surface area contributed by atoms with Gasteiger partial charge in [-0.2, -0.15) is 5.10 Å². The lowest BCUT2D eigenvalue weighted by molar-refractivity contribution is 0.0914. The Bertz CT molecular complexity index is 1000. The molecular formula is C22H29N5OS. The Hall–Kier alpha value is -2.25.